The third kappa shape index (κ3) is 5.28. The fourth-order valence-corrected chi connectivity index (χ4v) is 3.40. The van der Waals surface area contributed by atoms with Gasteiger partial charge in [-0.05, 0) is 56.3 Å². The van der Waals surface area contributed by atoms with Crippen LogP contribution in [0.1, 0.15) is 58.1 Å². The van der Waals surface area contributed by atoms with Gasteiger partial charge in [0.1, 0.15) is 0 Å². The molecule has 3 unspecified atom stereocenters. The van der Waals surface area contributed by atoms with E-state index in [1.54, 1.807) is 0 Å². The monoisotopic (exact) mass is 308 g/mol. The van der Waals surface area contributed by atoms with Gasteiger partial charge in [0.05, 0.1) is 0 Å². The summed E-state index contributed by atoms with van der Waals surface area (Å²) < 4.78 is 0. The molecule has 1 aromatic rings. The summed E-state index contributed by atoms with van der Waals surface area (Å²) in [4.78, 5) is 0. The Bertz CT molecular complexity index is 410. The first-order valence-corrected chi connectivity index (χ1v) is 8.69. The minimum Gasteiger partial charge on any atom is -0.314 e. The molecule has 0 aliphatic carbocycles. The zero-order chi connectivity index (χ0) is 15.2. The van der Waals surface area contributed by atoms with Gasteiger partial charge < -0.3 is 10.6 Å². The highest BCUT2D eigenvalue weighted by Gasteiger charge is 2.21. The van der Waals surface area contributed by atoms with Crippen molar-refractivity contribution in [3.8, 4) is 0 Å². The Balaban J connectivity index is 1.93. The molecule has 1 heterocycles. The number of halogens is 1. The topological polar surface area (TPSA) is 24.1 Å². The maximum absolute atomic E-state index is 6.00. The lowest BCUT2D eigenvalue weighted by molar-refractivity contribution is 0.306. The van der Waals surface area contributed by atoms with Crippen molar-refractivity contribution < 1.29 is 0 Å². The maximum atomic E-state index is 6.00. The van der Waals surface area contributed by atoms with Gasteiger partial charge in [0.15, 0.2) is 0 Å². The first-order valence-electron chi connectivity index (χ1n) is 8.31. The van der Waals surface area contributed by atoms with Gasteiger partial charge in [-0.25, -0.2) is 0 Å². The number of benzene rings is 1. The highest BCUT2D eigenvalue weighted by atomic mass is 35.5. The van der Waals surface area contributed by atoms with Gasteiger partial charge in [0.25, 0.3) is 0 Å². The molecule has 3 heteroatoms. The third-order valence-corrected chi connectivity index (χ3v) is 4.66. The molecule has 0 aromatic heterocycles. The summed E-state index contributed by atoms with van der Waals surface area (Å²) >= 11 is 6.00. The van der Waals surface area contributed by atoms with E-state index < -0.39 is 0 Å². The maximum Gasteiger partial charge on any atom is 0.0406 e. The van der Waals surface area contributed by atoms with Gasteiger partial charge in [-0.3, -0.25) is 0 Å². The predicted molar refractivity (Wildman–Crippen MR) is 91.9 cm³/mol. The van der Waals surface area contributed by atoms with Crippen LogP contribution < -0.4 is 10.6 Å². The summed E-state index contributed by atoms with van der Waals surface area (Å²) in [6, 6.07) is 9.85. The Kier molecular flexibility index (Phi) is 6.53. The van der Waals surface area contributed by atoms with E-state index in [0.717, 1.165) is 5.02 Å². The van der Waals surface area contributed by atoms with Crippen molar-refractivity contribution in [3.05, 3.63) is 34.9 Å². The largest absolute Gasteiger partial charge is 0.314 e. The average molecular weight is 309 g/mol. The molecule has 2 N–H and O–H groups in total. The van der Waals surface area contributed by atoms with E-state index in [0.29, 0.717) is 24.0 Å². The lowest BCUT2D eigenvalue weighted by Crippen LogP contribution is -2.41. The number of rotatable bonds is 6. The summed E-state index contributed by atoms with van der Waals surface area (Å²) in [5, 5.41) is 8.26. The highest BCUT2D eigenvalue weighted by Crippen LogP contribution is 2.24. The van der Waals surface area contributed by atoms with Crippen LogP contribution in [0.4, 0.5) is 0 Å². The third-order valence-electron chi connectivity index (χ3n) is 4.41. The summed E-state index contributed by atoms with van der Waals surface area (Å²) in [5.41, 5.74) is 1.33. The molecular formula is C18H29ClN2. The molecule has 2 nitrogen and oxygen atoms in total. The van der Waals surface area contributed by atoms with E-state index in [4.69, 9.17) is 11.6 Å². The number of hydrogen-bond acceptors (Lipinski definition) is 2. The quantitative estimate of drug-likeness (QED) is 0.805. The zero-order valence-corrected chi connectivity index (χ0v) is 14.3. The lowest BCUT2D eigenvalue weighted by Gasteiger charge is -2.31. The normalized spacial score (nSPS) is 22.2. The minimum absolute atomic E-state index is 0.390. The van der Waals surface area contributed by atoms with Gasteiger partial charge in [0.2, 0.25) is 0 Å². The molecular weight excluding hydrogens is 280 g/mol. The molecule has 1 saturated heterocycles. The Morgan fingerprint density at radius 1 is 1.19 bits per heavy atom. The Hall–Kier alpha value is -0.570. The molecule has 0 saturated carbocycles. The van der Waals surface area contributed by atoms with Gasteiger partial charge in [-0.1, -0.05) is 44.0 Å². The molecule has 0 spiro atoms. The molecule has 1 aromatic carbocycles. The molecule has 1 aliphatic heterocycles. The lowest BCUT2D eigenvalue weighted by atomic mass is 9.93. The second-order valence-electron chi connectivity index (χ2n) is 6.72. The van der Waals surface area contributed by atoms with Crippen LogP contribution in [0.3, 0.4) is 0 Å². The van der Waals surface area contributed by atoms with E-state index in [1.807, 2.05) is 12.1 Å². The van der Waals surface area contributed by atoms with Crippen molar-refractivity contribution in [1.82, 2.24) is 10.6 Å². The van der Waals surface area contributed by atoms with Crippen molar-refractivity contribution in [2.24, 2.45) is 5.92 Å². The first-order chi connectivity index (χ1) is 10.1. The molecule has 21 heavy (non-hydrogen) atoms. The smallest absolute Gasteiger partial charge is 0.0406 e. The molecule has 118 valence electrons. The molecule has 1 aliphatic rings. The van der Waals surface area contributed by atoms with Gasteiger partial charge in [0, 0.05) is 23.1 Å². The van der Waals surface area contributed by atoms with Crippen LogP contribution in [0.2, 0.25) is 5.02 Å². The summed E-state index contributed by atoms with van der Waals surface area (Å²) in [6.45, 7) is 8.04. The molecule has 0 radical (unpaired) electrons. The van der Waals surface area contributed by atoms with Crippen molar-refractivity contribution in [2.75, 3.05) is 6.54 Å². The van der Waals surface area contributed by atoms with E-state index >= 15 is 0 Å². The average Bonchev–Trinajstić information content (AvgIpc) is 2.47. The number of piperidine rings is 1. The Morgan fingerprint density at radius 3 is 2.48 bits per heavy atom. The van der Waals surface area contributed by atoms with Crippen LogP contribution in [0.15, 0.2) is 24.3 Å². The highest BCUT2D eigenvalue weighted by molar-refractivity contribution is 6.30. The van der Waals surface area contributed by atoms with E-state index in [1.165, 1.54) is 37.8 Å². The van der Waals surface area contributed by atoms with Crippen molar-refractivity contribution in [2.45, 2.75) is 64.6 Å². The second-order valence-corrected chi connectivity index (χ2v) is 7.16. The van der Waals surface area contributed by atoms with Crippen LogP contribution in [0.5, 0.6) is 0 Å². The SMILES string of the molecule is CC(CC1CCCCN1)NC(c1ccc(Cl)cc1)C(C)C. The Labute approximate surface area is 134 Å². The van der Waals surface area contributed by atoms with Crippen LogP contribution >= 0.6 is 11.6 Å². The second kappa shape index (κ2) is 8.17. The number of nitrogens with one attached hydrogen (secondary N) is 2. The Morgan fingerprint density at radius 2 is 1.90 bits per heavy atom. The van der Waals surface area contributed by atoms with E-state index in [2.05, 4.69) is 43.5 Å². The van der Waals surface area contributed by atoms with Crippen molar-refractivity contribution >= 4 is 11.6 Å². The van der Waals surface area contributed by atoms with Crippen LogP contribution in [0, 0.1) is 5.92 Å². The fourth-order valence-electron chi connectivity index (χ4n) is 3.27. The van der Waals surface area contributed by atoms with E-state index in [9.17, 15) is 0 Å². The standard InChI is InChI=1S/C18H29ClN2/c1-13(2)18(15-7-9-16(19)10-8-15)21-14(3)12-17-6-4-5-11-20-17/h7-10,13-14,17-18,20-21H,4-6,11-12H2,1-3H3. The van der Waals surface area contributed by atoms with Gasteiger partial charge in [-0.2, -0.15) is 0 Å². The van der Waals surface area contributed by atoms with Crippen LogP contribution in [0.25, 0.3) is 0 Å². The zero-order valence-electron chi connectivity index (χ0n) is 13.5. The molecule has 0 bridgehead atoms. The summed E-state index contributed by atoms with van der Waals surface area (Å²) in [5.74, 6) is 0.563. The molecule has 1 fully saturated rings. The summed E-state index contributed by atoms with van der Waals surface area (Å²) in [7, 11) is 0. The van der Waals surface area contributed by atoms with Crippen LogP contribution in [-0.4, -0.2) is 18.6 Å². The number of hydrogen-bond donors (Lipinski definition) is 2. The van der Waals surface area contributed by atoms with Crippen molar-refractivity contribution in [1.29, 1.82) is 0 Å². The fraction of sp³-hybridized carbons (Fsp3) is 0.667. The summed E-state index contributed by atoms with van der Waals surface area (Å²) in [6.07, 6.45) is 5.23. The van der Waals surface area contributed by atoms with E-state index in [-0.39, 0.29) is 0 Å². The predicted octanol–water partition coefficient (Wildman–Crippen LogP) is 4.55. The van der Waals surface area contributed by atoms with Gasteiger partial charge >= 0.3 is 0 Å². The first kappa shape index (κ1) is 16.8. The van der Waals surface area contributed by atoms with Gasteiger partial charge in [-0.15, -0.1) is 0 Å². The molecule has 0 amide bonds. The van der Waals surface area contributed by atoms with Crippen molar-refractivity contribution in [3.63, 3.8) is 0 Å². The minimum atomic E-state index is 0.390. The molecule has 2 rings (SSSR count). The van der Waals surface area contributed by atoms with Crippen LogP contribution in [-0.2, 0) is 0 Å². The molecule has 3 atom stereocenters.